The van der Waals surface area contributed by atoms with Crippen molar-refractivity contribution in [3.05, 3.63) is 53.1 Å². The molecule has 2 N–H and O–H groups in total. The highest BCUT2D eigenvalue weighted by Crippen LogP contribution is 2.24. The van der Waals surface area contributed by atoms with Crippen molar-refractivity contribution in [2.75, 3.05) is 23.3 Å². The Kier molecular flexibility index (Phi) is 6.11. The van der Waals surface area contributed by atoms with E-state index in [1.165, 1.54) is 17.9 Å². The smallest absolute Gasteiger partial charge is 0.414 e. The second-order valence-corrected chi connectivity index (χ2v) is 7.13. The van der Waals surface area contributed by atoms with Crippen molar-refractivity contribution in [3.63, 3.8) is 0 Å². The van der Waals surface area contributed by atoms with E-state index in [0.29, 0.717) is 33.4 Å². The van der Waals surface area contributed by atoms with E-state index in [9.17, 15) is 14.4 Å². The van der Waals surface area contributed by atoms with Gasteiger partial charge < -0.3 is 15.4 Å². The van der Waals surface area contributed by atoms with Crippen molar-refractivity contribution >= 4 is 53.5 Å². The molecule has 2 aromatic rings. The average molecular weight is 420 g/mol. The monoisotopic (exact) mass is 419 g/mol. The summed E-state index contributed by atoms with van der Waals surface area (Å²) in [5, 5.41) is 5.83. The highest BCUT2D eigenvalue weighted by molar-refractivity contribution is 7.80. The second-order valence-electron chi connectivity index (χ2n) is 6.22. The van der Waals surface area contributed by atoms with Crippen LogP contribution in [0.5, 0.6) is 0 Å². The number of hydrogen-bond donors (Lipinski definition) is 3. The number of cyclic esters (lactones) is 1. The van der Waals surface area contributed by atoms with Gasteiger partial charge in [-0.15, -0.1) is 12.6 Å². The number of nitrogens with zero attached hydrogens (tertiary/aromatic N) is 1. The number of rotatable bonds is 5. The number of benzene rings is 2. The summed E-state index contributed by atoms with van der Waals surface area (Å²) < 4.78 is 5.32. The van der Waals surface area contributed by atoms with Crippen LogP contribution in [0.1, 0.15) is 17.3 Å². The summed E-state index contributed by atoms with van der Waals surface area (Å²) in [7, 11) is 0. The third kappa shape index (κ3) is 4.76. The number of hydrogen-bond acceptors (Lipinski definition) is 5. The van der Waals surface area contributed by atoms with Crippen LogP contribution in [0.4, 0.5) is 16.2 Å². The molecule has 1 aliphatic heterocycles. The largest absolute Gasteiger partial charge is 0.442 e. The van der Waals surface area contributed by atoms with Gasteiger partial charge in [0.25, 0.3) is 5.91 Å². The van der Waals surface area contributed by atoms with Crippen LogP contribution in [-0.2, 0) is 9.53 Å². The summed E-state index contributed by atoms with van der Waals surface area (Å²) in [5.41, 5.74) is 1.63. The molecule has 3 rings (SSSR count). The first-order valence-electron chi connectivity index (χ1n) is 8.46. The number of carbonyl (C=O) groups excluding carboxylic acids is 3. The second kappa shape index (κ2) is 8.53. The van der Waals surface area contributed by atoms with Crippen molar-refractivity contribution in [1.29, 1.82) is 0 Å². The Balaban J connectivity index is 1.59. The van der Waals surface area contributed by atoms with E-state index in [2.05, 4.69) is 23.3 Å². The molecule has 1 fully saturated rings. The lowest BCUT2D eigenvalue weighted by Gasteiger charge is -2.14. The molecule has 28 heavy (non-hydrogen) atoms. The SMILES string of the molecule is CC(=O)Nc1ccc(N2C[C@@H](CNC(=O)c3cc(Cl)ccc3S)OC2=O)cc1. The molecular weight excluding hydrogens is 402 g/mol. The topological polar surface area (TPSA) is 87.7 Å². The van der Waals surface area contributed by atoms with Crippen LogP contribution in [0.2, 0.25) is 5.02 Å². The Morgan fingerprint density at radius 1 is 1.25 bits per heavy atom. The summed E-state index contributed by atoms with van der Waals surface area (Å²) in [6, 6.07) is 11.7. The first-order valence-corrected chi connectivity index (χ1v) is 9.28. The number of nitrogens with one attached hydrogen (secondary N) is 2. The van der Waals surface area contributed by atoms with Gasteiger partial charge >= 0.3 is 6.09 Å². The molecule has 1 saturated heterocycles. The molecule has 3 amide bonds. The molecule has 0 aliphatic carbocycles. The van der Waals surface area contributed by atoms with Crippen molar-refractivity contribution in [3.8, 4) is 0 Å². The van der Waals surface area contributed by atoms with E-state index in [1.807, 2.05) is 0 Å². The minimum Gasteiger partial charge on any atom is -0.442 e. The number of thiol groups is 1. The lowest BCUT2D eigenvalue weighted by atomic mass is 10.2. The third-order valence-corrected chi connectivity index (χ3v) is 4.69. The van der Waals surface area contributed by atoms with Gasteiger partial charge in [-0.05, 0) is 42.5 Å². The van der Waals surface area contributed by atoms with E-state index in [-0.39, 0.29) is 18.4 Å². The van der Waals surface area contributed by atoms with Crippen LogP contribution in [0, 0.1) is 0 Å². The van der Waals surface area contributed by atoms with Crippen LogP contribution in [0.15, 0.2) is 47.4 Å². The van der Waals surface area contributed by atoms with Gasteiger partial charge in [0.2, 0.25) is 5.91 Å². The lowest BCUT2D eigenvalue weighted by Crippen LogP contribution is -2.34. The Morgan fingerprint density at radius 2 is 1.96 bits per heavy atom. The minimum atomic E-state index is -0.496. The number of carbonyl (C=O) groups is 3. The van der Waals surface area contributed by atoms with Crippen molar-refractivity contribution in [1.82, 2.24) is 5.32 Å². The van der Waals surface area contributed by atoms with E-state index < -0.39 is 12.2 Å². The van der Waals surface area contributed by atoms with Crippen LogP contribution in [0.3, 0.4) is 0 Å². The van der Waals surface area contributed by atoms with Gasteiger partial charge in [-0.1, -0.05) is 11.6 Å². The van der Waals surface area contributed by atoms with E-state index in [4.69, 9.17) is 16.3 Å². The van der Waals surface area contributed by atoms with E-state index in [0.717, 1.165) is 0 Å². The van der Waals surface area contributed by atoms with Crippen LogP contribution in [-0.4, -0.2) is 37.1 Å². The van der Waals surface area contributed by atoms with Gasteiger partial charge in [0.05, 0.1) is 18.7 Å². The zero-order valence-corrected chi connectivity index (χ0v) is 16.6. The molecule has 1 heterocycles. The highest BCUT2D eigenvalue weighted by atomic mass is 35.5. The fourth-order valence-corrected chi connectivity index (χ4v) is 3.17. The minimum absolute atomic E-state index is 0.158. The summed E-state index contributed by atoms with van der Waals surface area (Å²) in [6.07, 6.45) is -0.988. The van der Waals surface area contributed by atoms with Crippen molar-refractivity contribution < 1.29 is 19.1 Å². The van der Waals surface area contributed by atoms with Gasteiger partial charge in [0.1, 0.15) is 6.10 Å². The summed E-state index contributed by atoms with van der Waals surface area (Å²) in [6.45, 7) is 1.87. The Labute approximate surface area is 172 Å². The molecule has 146 valence electrons. The summed E-state index contributed by atoms with van der Waals surface area (Å²) >= 11 is 10.2. The molecule has 0 bridgehead atoms. The molecule has 0 unspecified atom stereocenters. The molecule has 9 heteroatoms. The van der Waals surface area contributed by atoms with E-state index in [1.54, 1.807) is 36.4 Å². The molecule has 0 radical (unpaired) electrons. The maximum absolute atomic E-state index is 12.3. The number of anilines is 2. The lowest BCUT2D eigenvalue weighted by molar-refractivity contribution is -0.114. The summed E-state index contributed by atoms with van der Waals surface area (Å²) in [4.78, 5) is 37.5. The normalized spacial score (nSPS) is 15.9. The van der Waals surface area contributed by atoms with Crippen molar-refractivity contribution in [2.24, 2.45) is 0 Å². The molecule has 0 spiro atoms. The fraction of sp³-hybridized carbons (Fsp3) is 0.211. The van der Waals surface area contributed by atoms with Gasteiger partial charge in [0.15, 0.2) is 0 Å². The molecule has 1 aliphatic rings. The average Bonchev–Trinajstić information content (AvgIpc) is 3.02. The van der Waals surface area contributed by atoms with Crippen LogP contribution >= 0.6 is 24.2 Å². The fourth-order valence-electron chi connectivity index (χ4n) is 2.76. The van der Waals surface area contributed by atoms with Crippen LogP contribution in [0.25, 0.3) is 0 Å². The molecule has 0 aromatic heterocycles. The Morgan fingerprint density at radius 3 is 2.64 bits per heavy atom. The number of halogens is 1. The number of amides is 3. The highest BCUT2D eigenvalue weighted by Gasteiger charge is 2.32. The number of ether oxygens (including phenoxy) is 1. The first-order chi connectivity index (χ1) is 13.3. The first kappa shape index (κ1) is 20.0. The third-order valence-electron chi connectivity index (χ3n) is 4.07. The predicted molar refractivity (Wildman–Crippen MR) is 109 cm³/mol. The Hall–Kier alpha value is -2.71. The molecule has 2 aromatic carbocycles. The molecular formula is C19H18ClN3O4S. The maximum Gasteiger partial charge on any atom is 0.414 e. The standard InChI is InChI=1S/C19H18ClN3O4S/c1-11(24)22-13-3-5-14(6-4-13)23-10-15(27-19(23)26)9-21-18(25)16-8-12(20)2-7-17(16)28/h2-8,15,28H,9-10H2,1H3,(H,21,25)(H,22,24)/t15-/m1/s1. The maximum atomic E-state index is 12.3. The zero-order valence-electron chi connectivity index (χ0n) is 14.9. The van der Waals surface area contributed by atoms with E-state index >= 15 is 0 Å². The summed E-state index contributed by atoms with van der Waals surface area (Å²) in [5.74, 6) is -0.519. The van der Waals surface area contributed by atoms with Crippen molar-refractivity contribution in [2.45, 2.75) is 17.9 Å². The zero-order chi connectivity index (χ0) is 20.3. The van der Waals surface area contributed by atoms with Gasteiger partial charge in [-0.2, -0.15) is 0 Å². The predicted octanol–water partition coefficient (Wildman–Crippen LogP) is 3.34. The van der Waals surface area contributed by atoms with Gasteiger partial charge in [0, 0.05) is 28.2 Å². The quantitative estimate of drug-likeness (QED) is 0.648. The van der Waals surface area contributed by atoms with Gasteiger partial charge in [-0.25, -0.2) is 4.79 Å². The molecule has 7 nitrogen and oxygen atoms in total. The van der Waals surface area contributed by atoms with Crippen LogP contribution < -0.4 is 15.5 Å². The van der Waals surface area contributed by atoms with Gasteiger partial charge in [-0.3, -0.25) is 14.5 Å². The molecule has 1 atom stereocenters. The molecule has 0 saturated carbocycles. The Bertz CT molecular complexity index is 920.